The maximum absolute atomic E-state index is 11.9. The zero-order valence-corrected chi connectivity index (χ0v) is 10.1. The Morgan fingerprint density at radius 3 is 2.50 bits per heavy atom. The Labute approximate surface area is 98.5 Å². The SMILES string of the molecule is O=C1SCCC1NS(=O)(=O)c1ccccc1. The van der Waals surface area contributed by atoms with Crippen molar-refractivity contribution in [3.63, 3.8) is 0 Å². The largest absolute Gasteiger partial charge is 0.285 e. The molecule has 6 heteroatoms. The Hall–Kier alpha value is -0.850. The van der Waals surface area contributed by atoms with Crippen LogP contribution in [0.5, 0.6) is 0 Å². The molecule has 0 aromatic heterocycles. The highest BCUT2D eigenvalue weighted by Gasteiger charge is 2.29. The molecule has 0 amide bonds. The van der Waals surface area contributed by atoms with E-state index >= 15 is 0 Å². The minimum Gasteiger partial charge on any atom is -0.285 e. The fourth-order valence-corrected chi connectivity index (χ4v) is 3.72. The van der Waals surface area contributed by atoms with Crippen LogP contribution in [0.3, 0.4) is 0 Å². The Bertz CT molecular complexity index is 484. The van der Waals surface area contributed by atoms with Crippen molar-refractivity contribution >= 4 is 26.9 Å². The summed E-state index contributed by atoms with van der Waals surface area (Å²) < 4.78 is 26.1. The zero-order chi connectivity index (χ0) is 11.6. The highest BCUT2D eigenvalue weighted by molar-refractivity contribution is 8.14. The zero-order valence-electron chi connectivity index (χ0n) is 8.42. The van der Waals surface area contributed by atoms with Crippen LogP contribution < -0.4 is 4.72 Å². The monoisotopic (exact) mass is 257 g/mol. The summed E-state index contributed by atoms with van der Waals surface area (Å²) in [5.74, 6) is 0.681. The molecule has 1 heterocycles. The number of rotatable bonds is 3. The normalized spacial score (nSPS) is 21.2. The molecule has 16 heavy (non-hydrogen) atoms. The Kier molecular flexibility index (Phi) is 3.32. The lowest BCUT2D eigenvalue weighted by atomic mass is 10.3. The first-order chi connectivity index (χ1) is 7.59. The minimum absolute atomic E-state index is 0.0977. The van der Waals surface area contributed by atoms with Gasteiger partial charge in [0.25, 0.3) is 0 Å². The van der Waals surface area contributed by atoms with Crippen LogP contribution in [0.15, 0.2) is 35.2 Å². The number of carbonyl (C=O) groups excluding carboxylic acids is 1. The molecule has 1 aliphatic heterocycles. The van der Waals surface area contributed by atoms with Gasteiger partial charge in [-0.3, -0.25) is 4.79 Å². The summed E-state index contributed by atoms with van der Waals surface area (Å²) in [6, 6.07) is 7.49. The van der Waals surface area contributed by atoms with Gasteiger partial charge in [-0.05, 0) is 18.6 Å². The van der Waals surface area contributed by atoms with Crippen LogP contribution in [-0.2, 0) is 14.8 Å². The van der Waals surface area contributed by atoms with Gasteiger partial charge in [0.1, 0.15) is 0 Å². The van der Waals surface area contributed by atoms with Crippen LogP contribution in [0.2, 0.25) is 0 Å². The quantitative estimate of drug-likeness (QED) is 0.877. The Morgan fingerprint density at radius 2 is 1.94 bits per heavy atom. The number of hydrogen-bond acceptors (Lipinski definition) is 4. The maximum Gasteiger partial charge on any atom is 0.241 e. The van der Waals surface area contributed by atoms with Crippen LogP contribution >= 0.6 is 11.8 Å². The molecule has 0 spiro atoms. The average molecular weight is 257 g/mol. The van der Waals surface area contributed by atoms with Gasteiger partial charge < -0.3 is 0 Å². The second-order valence-electron chi connectivity index (χ2n) is 3.44. The average Bonchev–Trinajstić information content (AvgIpc) is 2.65. The Morgan fingerprint density at radius 1 is 1.25 bits per heavy atom. The highest BCUT2D eigenvalue weighted by Crippen LogP contribution is 2.21. The molecule has 1 aromatic carbocycles. The first-order valence-electron chi connectivity index (χ1n) is 4.83. The first kappa shape index (κ1) is 11.6. The fourth-order valence-electron chi connectivity index (χ4n) is 1.46. The van der Waals surface area contributed by atoms with E-state index in [1.165, 1.54) is 23.9 Å². The van der Waals surface area contributed by atoms with Crippen molar-refractivity contribution in [2.75, 3.05) is 5.75 Å². The summed E-state index contributed by atoms with van der Waals surface area (Å²) in [6.07, 6.45) is 0.565. The molecule has 1 atom stereocenters. The maximum atomic E-state index is 11.9. The topological polar surface area (TPSA) is 63.2 Å². The molecule has 1 aliphatic rings. The molecule has 1 saturated heterocycles. The van der Waals surface area contributed by atoms with Gasteiger partial charge in [-0.2, -0.15) is 4.72 Å². The van der Waals surface area contributed by atoms with Crippen LogP contribution in [0.25, 0.3) is 0 Å². The number of hydrogen-bond donors (Lipinski definition) is 1. The number of sulfonamides is 1. The lowest BCUT2D eigenvalue weighted by molar-refractivity contribution is -0.111. The molecule has 1 unspecified atom stereocenters. The highest BCUT2D eigenvalue weighted by atomic mass is 32.2. The first-order valence-corrected chi connectivity index (χ1v) is 7.30. The molecule has 0 bridgehead atoms. The third-order valence-electron chi connectivity index (χ3n) is 2.29. The van der Waals surface area contributed by atoms with Crippen molar-refractivity contribution in [3.05, 3.63) is 30.3 Å². The summed E-state index contributed by atoms with van der Waals surface area (Å²) in [7, 11) is -3.56. The molecule has 0 aliphatic carbocycles. The third-order valence-corrected chi connectivity index (χ3v) is 4.78. The summed E-state index contributed by atoms with van der Waals surface area (Å²) in [4.78, 5) is 11.5. The third kappa shape index (κ3) is 2.45. The van der Waals surface area contributed by atoms with E-state index in [4.69, 9.17) is 0 Å². The van der Waals surface area contributed by atoms with Crippen molar-refractivity contribution in [1.82, 2.24) is 4.72 Å². The van der Waals surface area contributed by atoms with Gasteiger partial charge in [0, 0.05) is 5.75 Å². The Balaban J connectivity index is 2.18. The molecule has 2 rings (SSSR count). The molecule has 1 N–H and O–H groups in total. The van der Waals surface area contributed by atoms with Gasteiger partial charge in [-0.1, -0.05) is 30.0 Å². The number of benzene rings is 1. The molecule has 0 radical (unpaired) electrons. The van der Waals surface area contributed by atoms with E-state index in [9.17, 15) is 13.2 Å². The molecular formula is C10H11NO3S2. The van der Waals surface area contributed by atoms with Gasteiger partial charge in [-0.15, -0.1) is 0 Å². The number of carbonyl (C=O) groups is 1. The van der Waals surface area contributed by atoms with Crippen LogP contribution in [0, 0.1) is 0 Å². The van der Waals surface area contributed by atoms with E-state index in [1.54, 1.807) is 18.2 Å². The van der Waals surface area contributed by atoms with E-state index < -0.39 is 16.1 Å². The van der Waals surface area contributed by atoms with E-state index in [0.717, 1.165) is 0 Å². The van der Waals surface area contributed by atoms with Crippen LogP contribution in [-0.4, -0.2) is 25.3 Å². The van der Waals surface area contributed by atoms with Crippen LogP contribution in [0.4, 0.5) is 0 Å². The second-order valence-corrected chi connectivity index (χ2v) is 6.26. The predicted molar refractivity (Wildman–Crippen MR) is 62.6 cm³/mol. The molecule has 86 valence electrons. The molecule has 4 nitrogen and oxygen atoms in total. The van der Waals surface area contributed by atoms with E-state index in [0.29, 0.717) is 12.2 Å². The van der Waals surface area contributed by atoms with Gasteiger partial charge in [0.05, 0.1) is 10.9 Å². The summed E-state index contributed by atoms with van der Waals surface area (Å²) in [5.41, 5.74) is 0. The molecular weight excluding hydrogens is 246 g/mol. The summed E-state index contributed by atoms with van der Waals surface area (Å²) in [6.45, 7) is 0. The number of nitrogens with one attached hydrogen (secondary N) is 1. The van der Waals surface area contributed by atoms with E-state index in [2.05, 4.69) is 4.72 Å². The standard InChI is InChI=1S/C10H11NO3S2/c12-10-9(6-7-15-10)11-16(13,14)8-4-2-1-3-5-8/h1-5,9,11H,6-7H2. The van der Waals surface area contributed by atoms with Crippen molar-refractivity contribution in [1.29, 1.82) is 0 Å². The van der Waals surface area contributed by atoms with Crippen LogP contribution in [0.1, 0.15) is 6.42 Å². The van der Waals surface area contributed by atoms with Gasteiger partial charge in [0.15, 0.2) is 0 Å². The van der Waals surface area contributed by atoms with Gasteiger partial charge in [0.2, 0.25) is 15.1 Å². The van der Waals surface area contributed by atoms with E-state index in [1.807, 2.05) is 0 Å². The van der Waals surface area contributed by atoms with Gasteiger partial charge >= 0.3 is 0 Å². The molecule has 1 fully saturated rings. The predicted octanol–water partition coefficient (Wildman–Crippen LogP) is 0.997. The minimum atomic E-state index is -3.56. The van der Waals surface area contributed by atoms with Crippen molar-refractivity contribution in [2.45, 2.75) is 17.4 Å². The smallest absolute Gasteiger partial charge is 0.241 e. The summed E-state index contributed by atoms with van der Waals surface area (Å²) >= 11 is 1.18. The fraction of sp³-hybridized carbons (Fsp3) is 0.300. The van der Waals surface area contributed by atoms with E-state index in [-0.39, 0.29) is 10.0 Å². The number of thioether (sulfide) groups is 1. The molecule has 1 aromatic rings. The van der Waals surface area contributed by atoms with Crippen molar-refractivity contribution in [2.24, 2.45) is 0 Å². The van der Waals surface area contributed by atoms with Gasteiger partial charge in [-0.25, -0.2) is 8.42 Å². The molecule has 0 saturated carbocycles. The summed E-state index contributed by atoms with van der Waals surface area (Å²) in [5, 5.41) is -0.0977. The van der Waals surface area contributed by atoms with Crippen molar-refractivity contribution in [3.8, 4) is 0 Å². The second kappa shape index (κ2) is 4.57. The van der Waals surface area contributed by atoms with Crippen molar-refractivity contribution < 1.29 is 13.2 Å². The lowest BCUT2D eigenvalue weighted by Gasteiger charge is -2.10. The lowest BCUT2D eigenvalue weighted by Crippen LogP contribution is -2.37.